The van der Waals surface area contributed by atoms with Crippen molar-refractivity contribution in [2.24, 2.45) is 5.41 Å². The largest absolute Gasteiger partial charge is 0.330 e. The molecule has 0 aromatic heterocycles. The lowest BCUT2D eigenvalue weighted by Gasteiger charge is -2.37. The van der Waals surface area contributed by atoms with Gasteiger partial charge in [-0.25, -0.2) is 4.79 Å². The molecule has 1 saturated heterocycles. The summed E-state index contributed by atoms with van der Waals surface area (Å²) in [6.45, 7) is -2.84. The van der Waals surface area contributed by atoms with Crippen LogP contribution in [0.4, 0.5) is 4.79 Å². The Morgan fingerprint density at radius 3 is 2.76 bits per heavy atom. The second-order valence-corrected chi connectivity index (χ2v) is 4.35. The van der Waals surface area contributed by atoms with E-state index in [0.29, 0.717) is 23.3 Å². The van der Waals surface area contributed by atoms with Gasteiger partial charge in [0.1, 0.15) is 5.41 Å². The van der Waals surface area contributed by atoms with Gasteiger partial charge in [-0.2, -0.15) is 0 Å². The molecule has 1 atom stereocenters. The molecule has 17 heavy (non-hydrogen) atoms. The number of allylic oxidation sites excluding steroid dienone is 1. The summed E-state index contributed by atoms with van der Waals surface area (Å²) >= 11 is 0. The fraction of sp³-hybridized carbons (Fsp3) is 0.583. The number of nitrogens with zero attached hydrogens (tertiary/aromatic N) is 1. The lowest BCUT2D eigenvalue weighted by atomic mass is 9.74. The molecule has 0 radical (unpaired) electrons. The van der Waals surface area contributed by atoms with Crippen molar-refractivity contribution in [1.29, 1.82) is 0 Å². The van der Waals surface area contributed by atoms with E-state index in [1.807, 2.05) is 5.32 Å². The van der Waals surface area contributed by atoms with Crippen molar-refractivity contribution < 1.29 is 18.5 Å². The number of carbonyl (C=O) groups is 3. The summed E-state index contributed by atoms with van der Waals surface area (Å²) in [4.78, 5) is 36.9. The minimum atomic E-state index is -2.84. The van der Waals surface area contributed by atoms with Crippen LogP contribution >= 0.6 is 0 Å². The topological polar surface area (TPSA) is 66.5 Å². The van der Waals surface area contributed by atoms with E-state index in [2.05, 4.69) is 0 Å². The Hall–Kier alpha value is -1.65. The number of rotatable bonds is 1. The Balaban J connectivity index is 2.63. The van der Waals surface area contributed by atoms with Crippen molar-refractivity contribution in [2.45, 2.75) is 32.5 Å². The van der Waals surface area contributed by atoms with Crippen LogP contribution in [0, 0.1) is 5.41 Å². The molecule has 2 aliphatic rings. The minimum Gasteiger partial charge on any atom is -0.276 e. The molecule has 4 amide bonds. The van der Waals surface area contributed by atoms with E-state index < -0.39 is 30.1 Å². The zero-order valence-electron chi connectivity index (χ0n) is 12.6. The van der Waals surface area contributed by atoms with E-state index in [0.717, 1.165) is 12.8 Å². The first-order chi connectivity index (χ1) is 9.23. The average Bonchev–Trinajstić information content (AvgIpc) is 2.36. The number of amides is 4. The van der Waals surface area contributed by atoms with Crippen LogP contribution in [0.25, 0.3) is 0 Å². The number of hydrogen-bond acceptors (Lipinski definition) is 3. The Labute approximate surface area is 104 Å². The molecule has 0 aromatic carbocycles. The Kier molecular flexibility index (Phi) is 1.98. The van der Waals surface area contributed by atoms with Crippen LogP contribution in [0.1, 0.15) is 36.6 Å². The molecule has 92 valence electrons. The van der Waals surface area contributed by atoms with E-state index in [1.165, 1.54) is 7.05 Å². The molecule has 1 N–H and O–H groups in total. The normalized spacial score (nSPS) is 33.5. The number of nitrogens with one attached hydrogen (secondary N) is 1. The van der Waals surface area contributed by atoms with Gasteiger partial charge in [0.2, 0.25) is 11.8 Å². The molecule has 0 bridgehead atoms. The van der Waals surface area contributed by atoms with Gasteiger partial charge >= 0.3 is 6.03 Å². The van der Waals surface area contributed by atoms with E-state index in [9.17, 15) is 14.4 Å². The minimum absolute atomic E-state index is 0.297. The second-order valence-electron chi connectivity index (χ2n) is 4.35. The standard InChI is InChI=1S/C12H16N2O3/c1-12(8-6-4-3-5-7-8)9(15)13-11(17)14(2)10(12)16/h6H,3-5,7H2,1-2H3,(H,13,15,17)/i1D3. The van der Waals surface area contributed by atoms with E-state index in [4.69, 9.17) is 4.11 Å². The van der Waals surface area contributed by atoms with Gasteiger partial charge < -0.3 is 0 Å². The summed E-state index contributed by atoms with van der Waals surface area (Å²) in [6, 6.07) is -0.892. The second kappa shape index (κ2) is 3.98. The third-order valence-electron chi connectivity index (χ3n) is 3.26. The van der Waals surface area contributed by atoms with Crippen LogP contribution < -0.4 is 5.32 Å². The van der Waals surface area contributed by atoms with Crippen molar-refractivity contribution in [3.05, 3.63) is 11.6 Å². The monoisotopic (exact) mass is 239 g/mol. The van der Waals surface area contributed by atoms with E-state index in [1.54, 1.807) is 6.08 Å². The van der Waals surface area contributed by atoms with E-state index >= 15 is 0 Å². The molecule has 1 aliphatic heterocycles. The summed E-state index contributed by atoms with van der Waals surface area (Å²) in [5.41, 5.74) is -1.97. The number of urea groups is 1. The smallest absolute Gasteiger partial charge is 0.276 e. The number of carbonyl (C=O) groups excluding carboxylic acids is 3. The predicted octanol–water partition coefficient (Wildman–Crippen LogP) is 1.20. The molecule has 1 unspecified atom stereocenters. The lowest BCUT2D eigenvalue weighted by Crippen LogP contribution is -2.62. The maximum absolute atomic E-state index is 12.5. The van der Waals surface area contributed by atoms with Gasteiger partial charge in [0.25, 0.3) is 0 Å². The van der Waals surface area contributed by atoms with Crippen LogP contribution in [-0.2, 0) is 9.59 Å². The SMILES string of the molecule is [2H]C([2H])([2H])C1(C2=CCCCC2)C(=O)NC(=O)N(C)C1=O. The first kappa shape index (κ1) is 8.44. The quantitative estimate of drug-likeness (QED) is 0.552. The van der Waals surface area contributed by atoms with Crippen molar-refractivity contribution in [3.63, 3.8) is 0 Å². The van der Waals surface area contributed by atoms with Gasteiger partial charge in [0, 0.05) is 11.2 Å². The highest BCUT2D eigenvalue weighted by Crippen LogP contribution is 2.37. The third-order valence-corrected chi connectivity index (χ3v) is 3.26. The van der Waals surface area contributed by atoms with Crippen molar-refractivity contribution in [2.75, 3.05) is 7.05 Å². The summed E-state index contributed by atoms with van der Waals surface area (Å²) in [7, 11) is 1.17. The fourth-order valence-corrected chi connectivity index (χ4v) is 2.18. The molecule has 5 nitrogen and oxygen atoms in total. The van der Waals surface area contributed by atoms with Gasteiger partial charge in [-0.05, 0) is 38.1 Å². The van der Waals surface area contributed by atoms with Crippen LogP contribution in [0.15, 0.2) is 11.6 Å². The molecule has 0 saturated carbocycles. The van der Waals surface area contributed by atoms with Gasteiger partial charge in [-0.15, -0.1) is 0 Å². The Morgan fingerprint density at radius 2 is 2.18 bits per heavy atom. The first-order valence-electron chi connectivity index (χ1n) is 7.06. The molecular formula is C12H16N2O3. The Bertz CT molecular complexity index is 513. The highest BCUT2D eigenvalue weighted by Gasteiger charge is 2.51. The number of imide groups is 2. The molecule has 1 aliphatic carbocycles. The summed E-state index contributed by atoms with van der Waals surface area (Å²) in [5.74, 6) is -2.02. The fourth-order valence-electron chi connectivity index (χ4n) is 2.18. The average molecular weight is 239 g/mol. The zero-order valence-corrected chi connectivity index (χ0v) is 9.58. The molecule has 5 heteroatoms. The number of barbiturate groups is 1. The lowest BCUT2D eigenvalue weighted by molar-refractivity contribution is -0.146. The van der Waals surface area contributed by atoms with Gasteiger partial charge in [0.05, 0.1) is 0 Å². The van der Waals surface area contributed by atoms with Gasteiger partial charge in [0.15, 0.2) is 0 Å². The van der Waals surface area contributed by atoms with E-state index in [-0.39, 0.29) is 0 Å². The van der Waals surface area contributed by atoms with Crippen molar-refractivity contribution in [1.82, 2.24) is 10.2 Å². The predicted molar refractivity (Wildman–Crippen MR) is 61.0 cm³/mol. The number of hydrogen-bond donors (Lipinski definition) is 1. The molecule has 2 rings (SSSR count). The molecule has 1 heterocycles. The van der Waals surface area contributed by atoms with Crippen molar-refractivity contribution >= 4 is 17.8 Å². The van der Waals surface area contributed by atoms with Gasteiger partial charge in [-0.1, -0.05) is 6.08 Å². The molecule has 0 spiro atoms. The van der Waals surface area contributed by atoms with Crippen molar-refractivity contribution in [3.8, 4) is 0 Å². The summed E-state index contributed by atoms with van der Waals surface area (Å²) in [5, 5.41) is 1.98. The van der Waals surface area contributed by atoms with Crippen LogP contribution in [0.3, 0.4) is 0 Å². The van der Waals surface area contributed by atoms with Crippen LogP contribution in [0.2, 0.25) is 0 Å². The Morgan fingerprint density at radius 1 is 1.41 bits per heavy atom. The maximum Gasteiger partial charge on any atom is 0.330 e. The summed E-state index contributed by atoms with van der Waals surface area (Å²) < 4.78 is 23.1. The summed E-state index contributed by atoms with van der Waals surface area (Å²) in [6.07, 6.45) is 4.27. The highest BCUT2D eigenvalue weighted by molar-refractivity contribution is 6.20. The first-order valence-corrected chi connectivity index (χ1v) is 5.56. The third kappa shape index (κ3) is 1.66. The molecular weight excluding hydrogens is 220 g/mol. The zero-order chi connectivity index (χ0) is 15.1. The molecule has 1 fully saturated rings. The maximum atomic E-state index is 12.5. The highest BCUT2D eigenvalue weighted by atomic mass is 16.2. The van der Waals surface area contributed by atoms with Gasteiger partial charge in [-0.3, -0.25) is 19.8 Å². The van der Waals surface area contributed by atoms with Crippen LogP contribution in [0.5, 0.6) is 0 Å². The molecule has 0 aromatic rings. The van der Waals surface area contributed by atoms with Crippen LogP contribution in [-0.4, -0.2) is 29.8 Å².